The molecule has 0 aromatic heterocycles. The van der Waals surface area contributed by atoms with Crippen molar-refractivity contribution in [1.82, 2.24) is 14.7 Å². The summed E-state index contributed by atoms with van der Waals surface area (Å²) in [4.78, 5) is 30.2. The van der Waals surface area contributed by atoms with Gasteiger partial charge in [0, 0.05) is 52.0 Å². The van der Waals surface area contributed by atoms with Crippen molar-refractivity contribution in [2.24, 2.45) is 5.92 Å². The maximum Gasteiger partial charge on any atom is 0.227 e. The number of rotatable bonds is 2. The number of halogens is 1. The maximum atomic E-state index is 13.9. The molecular weight excluding hydrogens is 287 g/mol. The molecule has 3 heterocycles. The number of carbonyl (C=O) groups excluding carboxylic acids is 2. The first-order chi connectivity index (χ1) is 10.4. The van der Waals surface area contributed by atoms with Crippen LogP contribution in [-0.2, 0) is 9.59 Å². The maximum absolute atomic E-state index is 13.9. The summed E-state index contributed by atoms with van der Waals surface area (Å²) in [5, 5.41) is 8.79. The van der Waals surface area contributed by atoms with E-state index >= 15 is 0 Å². The van der Waals surface area contributed by atoms with Gasteiger partial charge in [-0.25, -0.2) is 4.39 Å². The average molecular weight is 308 g/mol. The first-order valence-electron chi connectivity index (χ1n) is 7.79. The highest BCUT2D eigenvalue weighted by molar-refractivity contribution is 5.89. The molecule has 2 amide bonds. The van der Waals surface area contributed by atoms with Gasteiger partial charge in [-0.05, 0) is 7.05 Å². The van der Waals surface area contributed by atoms with Crippen LogP contribution in [0, 0.1) is 17.2 Å². The van der Waals surface area contributed by atoms with Crippen molar-refractivity contribution in [3.63, 3.8) is 0 Å². The van der Waals surface area contributed by atoms with Crippen molar-refractivity contribution in [3.05, 3.63) is 0 Å². The molecule has 0 N–H and O–H groups in total. The molecule has 3 aliphatic heterocycles. The SMILES string of the molecule is CN1CC(N2CC(C(=O)N3CCC(F)(C#N)CC3)CC2=O)C1. The molecule has 3 saturated heterocycles. The van der Waals surface area contributed by atoms with Crippen LogP contribution < -0.4 is 0 Å². The summed E-state index contributed by atoms with van der Waals surface area (Å²) in [6, 6.07) is 1.92. The van der Waals surface area contributed by atoms with E-state index in [1.807, 2.05) is 11.9 Å². The number of likely N-dealkylation sites (tertiary alicyclic amines) is 3. The lowest BCUT2D eigenvalue weighted by atomic mass is 9.94. The van der Waals surface area contributed by atoms with Crippen LogP contribution >= 0.6 is 0 Å². The van der Waals surface area contributed by atoms with Crippen LogP contribution in [0.4, 0.5) is 4.39 Å². The van der Waals surface area contributed by atoms with Gasteiger partial charge in [0.25, 0.3) is 0 Å². The molecule has 0 aliphatic carbocycles. The highest BCUT2D eigenvalue weighted by Gasteiger charge is 2.44. The summed E-state index contributed by atoms with van der Waals surface area (Å²) >= 11 is 0. The molecule has 1 unspecified atom stereocenters. The standard InChI is InChI=1S/C15H21FN4O2/c1-18-8-12(9-18)20-7-11(6-13(20)21)14(22)19-4-2-15(16,10-17)3-5-19/h11-12H,2-9H2,1H3. The van der Waals surface area contributed by atoms with E-state index in [1.165, 1.54) is 0 Å². The van der Waals surface area contributed by atoms with Gasteiger partial charge in [-0.15, -0.1) is 0 Å². The number of alkyl halides is 1. The number of nitriles is 1. The first kappa shape index (κ1) is 15.2. The van der Waals surface area contributed by atoms with E-state index < -0.39 is 5.67 Å². The smallest absolute Gasteiger partial charge is 0.227 e. The van der Waals surface area contributed by atoms with Crippen molar-refractivity contribution in [2.45, 2.75) is 31.0 Å². The Balaban J connectivity index is 1.56. The first-order valence-corrected chi connectivity index (χ1v) is 7.79. The summed E-state index contributed by atoms with van der Waals surface area (Å²) in [6.45, 7) is 2.73. The van der Waals surface area contributed by atoms with Crippen molar-refractivity contribution in [1.29, 1.82) is 5.26 Å². The van der Waals surface area contributed by atoms with Gasteiger partial charge in [0.05, 0.1) is 12.0 Å². The van der Waals surface area contributed by atoms with E-state index in [0.29, 0.717) is 6.54 Å². The molecule has 22 heavy (non-hydrogen) atoms. The summed E-state index contributed by atoms with van der Waals surface area (Å²) in [5.41, 5.74) is -1.80. The highest BCUT2D eigenvalue weighted by Crippen LogP contribution is 2.29. The molecule has 120 valence electrons. The molecule has 3 fully saturated rings. The summed E-state index contributed by atoms with van der Waals surface area (Å²) < 4.78 is 13.9. The summed E-state index contributed by atoms with van der Waals surface area (Å²) in [5.74, 6) is -0.332. The number of nitrogens with zero attached hydrogens (tertiary/aromatic N) is 4. The van der Waals surface area contributed by atoms with E-state index in [4.69, 9.17) is 5.26 Å². The second-order valence-electron chi connectivity index (χ2n) is 6.72. The molecule has 0 aromatic rings. The van der Waals surface area contributed by atoms with E-state index in [-0.39, 0.29) is 56.1 Å². The molecule has 7 heteroatoms. The fraction of sp³-hybridized carbons (Fsp3) is 0.800. The van der Waals surface area contributed by atoms with Crippen LogP contribution in [0.25, 0.3) is 0 Å². The summed E-state index contributed by atoms with van der Waals surface area (Å²) in [6.07, 6.45) is 0.384. The van der Waals surface area contributed by atoms with Crippen molar-refractivity contribution in [3.8, 4) is 6.07 Å². The van der Waals surface area contributed by atoms with Gasteiger partial charge >= 0.3 is 0 Å². The van der Waals surface area contributed by atoms with E-state index in [2.05, 4.69) is 4.90 Å². The lowest BCUT2D eigenvalue weighted by molar-refractivity contribution is -0.137. The molecule has 6 nitrogen and oxygen atoms in total. The third kappa shape index (κ3) is 2.68. The second kappa shape index (κ2) is 5.51. The number of likely N-dealkylation sites (N-methyl/N-ethyl adjacent to an activating group) is 1. The second-order valence-corrected chi connectivity index (χ2v) is 6.72. The Kier molecular flexibility index (Phi) is 3.81. The Morgan fingerprint density at radius 2 is 1.95 bits per heavy atom. The number of piperidine rings is 1. The number of carbonyl (C=O) groups is 2. The average Bonchev–Trinajstić information content (AvgIpc) is 2.86. The van der Waals surface area contributed by atoms with Gasteiger partial charge < -0.3 is 14.7 Å². The third-order valence-electron chi connectivity index (χ3n) is 5.06. The van der Waals surface area contributed by atoms with Crippen LogP contribution in [0.2, 0.25) is 0 Å². The number of amides is 2. The van der Waals surface area contributed by atoms with E-state index in [0.717, 1.165) is 13.1 Å². The lowest BCUT2D eigenvalue weighted by Crippen LogP contribution is -2.58. The molecule has 3 rings (SSSR count). The van der Waals surface area contributed by atoms with Crippen LogP contribution in [0.5, 0.6) is 0 Å². The zero-order valence-corrected chi connectivity index (χ0v) is 12.8. The van der Waals surface area contributed by atoms with Crippen LogP contribution in [0.1, 0.15) is 19.3 Å². The van der Waals surface area contributed by atoms with Crippen LogP contribution in [0.3, 0.4) is 0 Å². The van der Waals surface area contributed by atoms with Gasteiger partial charge in [-0.3, -0.25) is 9.59 Å². The molecule has 0 spiro atoms. The van der Waals surface area contributed by atoms with Crippen molar-refractivity contribution in [2.75, 3.05) is 39.8 Å². The van der Waals surface area contributed by atoms with Gasteiger partial charge in [0.15, 0.2) is 5.67 Å². The minimum atomic E-state index is -1.80. The lowest BCUT2D eigenvalue weighted by Gasteiger charge is -2.42. The predicted molar refractivity (Wildman–Crippen MR) is 76.4 cm³/mol. The molecule has 0 radical (unpaired) electrons. The number of hydrogen-bond acceptors (Lipinski definition) is 4. The normalized spacial score (nSPS) is 29.3. The largest absolute Gasteiger partial charge is 0.342 e. The Morgan fingerprint density at radius 3 is 2.50 bits per heavy atom. The Bertz CT molecular complexity index is 518. The quantitative estimate of drug-likeness (QED) is 0.720. The fourth-order valence-electron chi connectivity index (χ4n) is 3.56. The number of hydrogen-bond donors (Lipinski definition) is 0. The van der Waals surface area contributed by atoms with Gasteiger partial charge in [0.1, 0.15) is 6.07 Å². The zero-order chi connectivity index (χ0) is 15.9. The Labute approximate surface area is 129 Å². The minimum Gasteiger partial charge on any atom is -0.342 e. The molecule has 0 aromatic carbocycles. The Hall–Kier alpha value is -1.68. The molecule has 0 bridgehead atoms. The van der Waals surface area contributed by atoms with Crippen molar-refractivity contribution < 1.29 is 14.0 Å². The zero-order valence-electron chi connectivity index (χ0n) is 12.8. The molecular formula is C15H21FN4O2. The van der Waals surface area contributed by atoms with E-state index in [9.17, 15) is 14.0 Å². The topological polar surface area (TPSA) is 67.7 Å². The van der Waals surface area contributed by atoms with Gasteiger partial charge in [-0.2, -0.15) is 5.26 Å². The molecule has 1 atom stereocenters. The van der Waals surface area contributed by atoms with Crippen molar-refractivity contribution >= 4 is 11.8 Å². The fourth-order valence-corrected chi connectivity index (χ4v) is 3.56. The van der Waals surface area contributed by atoms with Crippen LogP contribution in [-0.4, -0.2) is 78.0 Å². The Morgan fingerprint density at radius 1 is 1.32 bits per heavy atom. The minimum absolute atomic E-state index is 0.0466. The van der Waals surface area contributed by atoms with E-state index in [1.54, 1.807) is 11.0 Å². The molecule has 0 saturated carbocycles. The third-order valence-corrected chi connectivity index (χ3v) is 5.06. The molecule has 3 aliphatic rings. The monoisotopic (exact) mass is 308 g/mol. The predicted octanol–water partition coefficient (Wildman–Crippen LogP) is 0.00318. The summed E-state index contributed by atoms with van der Waals surface area (Å²) in [7, 11) is 2.01. The highest BCUT2D eigenvalue weighted by atomic mass is 19.1. The van der Waals surface area contributed by atoms with Gasteiger partial charge in [-0.1, -0.05) is 0 Å². The van der Waals surface area contributed by atoms with Crippen LogP contribution in [0.15, 0.2) is 0 Å². The van der Waals surface area contributed by atoms with Gasteiger partial charge in [0.2, 0.25) is 11.8 Å².